The Morgan fingerprint density at radius 2 is 0.925 bits per heavy atom. The average molecular weight is 710 g/mol. The molecule has 0 fully saturated rings. The molecule has 53 heavy (non-hydrogen) atoms. The van der Waals surface area contributed by atoms with Crippen LogP contribution in [0.4, 0.5) is 17.1 Å². The summed E-state index contributed by atoms with van der Waals surface area (Å²) in [4.78, 5) is 2.43. The maximum Gasteiger partial charge on any atom is 0.0640 e. The molecule has 11 rings (SSSR count). The Balaban J connectivity index is 1.05. The van der Waals surface area contributed by atoms with E-state index in [2.05, 4.69) is 193 Å². The second-order valence-corrected chi connectivity index (χ2v) is 15.8. The molecule has 11 aromatic rings. The maximum absolute atomic E-state index is 2.43. The van der Waals surface area contributed by atoms with E-state index in [1.54, 1.807) is 0 Å². The van der Waals surface area contributed by atoms with Crippen molar-refractivity contribution in [2.24, 2.45) is 0 Å². The summed E-state index contributed by atoms with van der Waals surface area (Å²) in [5, 5.41) is 10.4. The third-order valence-electron chi connectivity index (χ3n) is 10.7. The van der Waals surface area contributed by atoms with E-state index < -0.39 is 0 Å². The molecule has 0 spiro atoms. The molecule has 1 nitrogen and oxygen atoms in total. The number of rotatable bonds is 5. The van der Waals surface area contributed by atoms with Crippen molar-refractivity contribution >= 4 is 102 Å². The number of anilines is 3. The van der Waals surface area contributed by atoms with Crippen molar-refractivity contribution in [2.75, 3.05) is 4.90 Å². The first kappa shape index (κ1) is 30.4. The van der Waals surface area contributed by atoms with Crippen LogP contribution in [0.15, 0.2) is 188 Å². The Morgan fingerprint density at radius 1 is 0.340 bits per heavy atom. The molecule has 0 unspecified atom stereocenters. The summed E-state index contributed by atoms with van der Waals surface area (Å²) in [5.74, 6) is 0. The van der Waals surface area contributed by atoms with E-state index in [0.717, 1.165) is 11.4 Å². The fourth-order valence-corrected chi connectivity index (χ4v) is 10.5. The lowest BCUT2D eigenvalue weighted by Crippen LogP contribution is -2.10. The molecule has 0 amide bonds. The fraction of sp³-hybridized carbons (Fsp3) is 0. The van der Waals surface area contributed by atoms with E-state index in [1.165, 1.54) is 89.8 Å². The van der Waals surface area contributed by atoms with Gasteiger partial charge in [-0.2, -0.15) is 0 Å². The molecule has 2 aromatic heterocycles. The Hall–Kier alpha value is -6.26. The van der Waals surface area contributed by atoms with Gasteiger partial charge in [-0.15, -0.1) is 22.7 Å². The molecule has 0 radical (unpaired) electrons. The zero-order chi connectivity index (χ0) is 34.9. The number of hydrogen-bond donors (Lipinski definition) is 0. The van der Waals surface area contributed by atoms with Crippen LogP contribution < -0.4 is 4.90 Å². The van der Waals surface area contributed by atoms with Gasteiger partial charge in [0, 0.05) is 47.0 Å². The minimum absolute atomic E-state index is 1.13. The van der Waals surface area contributed by atoms with E-state index in [-0.39, 0.29) is 0 Å². The van der Waals surface area contributed by atoms with Crippen molar-refractivity contribution in [2.45, 2.75) is 0 Å². The predicted octanol–water partition coefficient (Wildman–Crippen LogP) is 15.5. The zero-order valence-electron chi connectivity index (χ0n) is 28.7. The third kappa shape index (κ3) is 4.97. The van der Waals surface area contributed by atoms with Gasteiger partial charge >= 0.3 is 0 Å². The van der Waals surface area contributed by atoms with Crippen LogP contribution in [-0.2, 0) is 0 Å². The summed E-state index contributed by atoms with van der Waals surface area (Å²) in [7, 11) is 0. The van der Waals surface area contributed by atoms with Gasteiger partial charge in [-0.25, -0.2) is 0 Å². The fourth-order valence-electron chi connectivity index (χ4n) is 8.13. The first-order valence-electron chi connectivity index (χ1n) is 18.0. The quantitative estimate of drug-likeness (QED) is 0.172. The number of fused-ring (bicyclic) bond motifs is 9. The first-order valence-corrected chi connectivity index (χ1v) is 19.6. The largest absolute Gasteiger partial charge is 0.309 e. The number of benzene rings is 9. The van der Waals surface area contributed by atoms with E-state index in [1.807, 2.05) is 22.7 Å². The molecule has 3 heteroatoms. The summed E-state index contributed by atoms with van der Waals surface area (Å²) in [6.07, 6.45) is 0. The van der Waals surface area contributed by atoms with Gasteiger partial charge in [0.25, 0.3) is 0 Å². The van der Waals surface area contributed by atoms with Gasteiger partial charge in [-0.05, 0) is 98.4 Å². The summed E-state index contributed by atoms with van der Waals surface area (Å²) in [5.41, 5.74) is 8.34. The van der Waals surface area contributed by atoms with Gasteiger partial charge in [0.2, 0.25) is 0 Å². The molecule has 0 atom stereocenters. The normalized spacial score (nSPS) is 11.8. The van der Waals surface area contributed by atoms with Crippen LogP contribution in [0, 0.1) is 0 Å². The standard InChI is InChI=1S/C50H31NS2/c1-2-11-39-33(9-1)10-7-14-40(39)34-23-28-38(29-24-34)51(45-16-8-15-42-41-12-3-5-17-46(41)53-50(42)45)37-26-21-32(22-27-37)36-20-19-35-25-30-48-49(44(35)31-36)43-13-4-6-18-47(43)52-48/h1-31H. The number of hydrogen-bond acceptors (Lipinski definition) is 3. The van der Waals surface area contributed by atoms with Gasteiger partial charge in [-0.1, -0.05) is 133 Å². The van der Waals surface area contributed by atoms with Gasteiger partial charge in [-0.3, -0.25) is 0 Å². The van der Waals surface area contributed by atoms with Gasteiger partial charge in [0.1, 0.15) is 0 Å². The molecule has 0 N–H and O–H groups in total. The lowest BCUT2D eigenvalue weighted by atomic mass is 9.97. The molecule has 2 heterocycles. The van der Waals surface area contributed by atoms with Crippen molar-refractivity contribution in [3.05, 3.63) is 188 Å². The van der Waals surface area contributed by atoms with Crippen molar-refractivity contribution in [1.82, 2.24) is 0 Å². The Labute approximate surface area is 315 Å². The third-order valence-corrected chi connectivity index (χ3v) is 13.0. The average Bonchev–Trinajstić information content (AvgIpc) is 3.81. The van der Waals surface area contributed by atoms with Crippen LogP contribution in [0.2, 0.25) is 0 Å². The summed E-state index contributed by atoms with van der Waals surface area (Å²) < 4.78 is 5.27. The molecule has 248 valence electrons. The minimum Gasteiger partial charge on any atom is -0.309 e. The molecule has 0 bridgehead atoms. The van der Waals surface area contributed by atoms with E-state index >= 15 is 0 Å². The Morgan fingerprint density at radius 3 is 1.74 bits per heavy atom. The molecule has 0 saturated heterocycles. The van der Waals surface area contributed by atoms with E-state index in [4.69, 9.17) is 0 Å². The molecule has 0 aliphatic heterocycles. The van der Waals surface area contributed by atoms with Crippen molar-refractivity contribution in [3.8, 4) is 22.3 Å². The molecule has 9 aromatic carbocycles. The SMILES string of the molecule is c1ccc2c(-c3ccc(N(c4ccc(-c5ccc6ccc7sc8ccccc8c7c6c5)cc4)c4cccc5c4sc4ccccc45)cc3)cccc2c1. The monoisotopic (exact) mass is 709 g/mol. The highest BCUT2D eigenvalue weighted by Crippen LogP contribution is 2.46. The summed E-state index contributed by atoms with van der Waals surface area (Å²) >= 11 is 3.75. The van der Waals surface area contributed by atoms with Crippen LogP contribution in [0.1, 0.15) is 0 Å². The van der Waals surface area contributed by atoms with Gasteiger partial charge < -0.3 is 4.90 Å². The first-order chi connectivity index (χ1) is 26.3. The molecular formula is C50H31NS2. The minimum atomic E-state index is 1.13. The smallest absolute Gasteiger partial charge is 0.0640 e. The highest BCUT2D eigenvalue weighted by Gasteiger charge is 2.19. The van der Waals surface area contributed by atoms with Crippen LogP contribution >= 0.6 is 22.7 Å². The second-order valence-electron chi connectivity index (χ2n) is 13.7. The lowest BCUT2D eigenvalue weighted by Gasteiger charge is -2.26. The van der Waals surface area contributed by atoms with E-state index in [0.29, 0.717) is 0 Å². The van der Waals surface area contributed by atoms with Gasteiger partial charge in [0.15, 0.2) is 0 Å². The molecule has 0 saturated carbocycles. The zero-order valence-corrected chi connectivity index (χ0v) is 30.3. The Bertz CT molecular complexity index is 3160. The number of thiophene rings is 2. The summed E-state index contributed by atoms with van der Waals surface area (Å²) in [6, 6.07) is 69.1. The highest BCUT2D eigenvalue weighted by atomic mass is 32.1. The van der Waals surface area contributed by atoms with Crippen LogP contribution in [0.5, 0.6) is 0 Å². The molecule has 0 aliphatic rings. The molecule has 0 aliphatic carbocycles. The highest BCUT2D eigenvalue weighted by molar-refractivity contribution is 7.26. The Kier molecular flexibility index (Phi) is 6.97. The summed E-state index contributed by atoms with van der Waals surface area (Å²) in [6.45, 7) is 0. The van der Waals surface area contributed by atoms with Crippen molar-refractivity contribution in [1.29, 1.82) is 0 Å². The lowest BCUT2D eigenvalue weighted by molar-refractivity contribution is 1.30. The van der Waals surface area contributed by atoms with Crippen LogP contribution in [-0.4, -0.2) is 0 Å². The van der Waals surface area contributed by atoms with Crippen LogP contribution in [0.3, 0.4) is 0 Å². The van der Waals surface area contributed by atoms with Crippen molar-refractivity contribution < 1.29 is 0 Å². The number of nitrogens with zero attached hydrogens (tertiary/aromatic N) is 1. The molecular weight excluding hydrogens is 679 g/mol. The van der Waals surface area contributed by atoms with Crippen molar-refractivity contribution in [3.63, 3.8) is 0 Å². The van der Waals surface area contributed by atoms with Crippen LogP contribution in [0.25, 0.3) is 84.1 Å². The predicted molar refractivity (Wildman–Crippen MR) is 233 cm³/mol. The maximum atomic E-state index is 2.43. The second kappa shape index (κ2) is 12.2. The van der Waals surface area contributed by atoms with Gasteiger partial charge in [0.05, 0.1) is 10.4 Å². The topological polar surface area (TPSA) is 3.24 Å². The van der Waals surface area contributed by atoms with E-state index in [9.17, 15) is 0 Å².